The van der Waals surface area contributed by atoms with Crippen LogP contribution in [0.2, 0.25) is 0 Å². The van der Waals surface area contributed by atoms with E-state index in [1.165, 1.54) is 0 Å². The van der Waals surface area contributed by atoms with E-state index in [4.69, 9.17) is 5.73 Å². The predicted molar refractivity (Wildman–Crippen MR) is 87.9 cm³/mol. The molecule has 1 aromatic rings. The number of hydrogen-bond acceptors (Lipinski definition) is 2. The lowest BCUT2D eigenvalue weighted by Crippen LogP contribution is -2.52. The van der Waals surface area contributed by atoms with Gasteiger partial charge in [0.2, 0.25) is 5.91 Å². The van der Waals surface area contributed by atoms with Crippen molar-refractivity contribution in [2.45, 2.75) is 38.8 Å². The maximum Gasteiger partial charge on any atom is 0.247 e. The molecule has 1 amide bonds. The molecule has 1 heterocycles. The molecular weight excluding hydrogens is 340 g/mol. The van der Waals surface area contributed by atoms with Gasteiger partial charge in [-0.25, -0.2) is 0 Å². The molecule has 1 fully saturated rings. The molecular formula is C15H22BrClN2O. The van der Waals surface area contributed by atoms with Gasteiger partial charge in [0.1, 0.15) is 5.54 Å². The molecule has 112 valence electrons. The Hall–Kier alpha value is -0.580. The van der Waals surface area contributed by atoms with Crippen molar-refractivity contribution in [1.82, 2.24) is 4.90 Å². The number of carbonyl (C=O) groups is 1. The summed E-state index contributed by atoms with van der Waals surface area (Å²) in [5.74, 6) is 0.566. The molecule has 2 rings (SSSR count). The summed E-state index contributed by atoms with van der Waals surface area (Å²) in [5.41, 5.74) is 6.21. The fourth-order valence-corrected chi connectivity index (χ4v) is 2.86. The number of hydrogen-bond donors (Lipinski definition) is 1. The summed E-state index contributed by atoms with van der Waals surface area (Å²) in [6.45, 7) is 6.90. The zero-order valence-corrected chi connectivity index (χ0v) is 14.5. The maximum absolute atomic E-state index is 12.7. The summed E-state index contributed by atoms with van der Waals surface area (Å²) in [6, 6.07) is 7.93. The van der Waals surface area contributed by atoms with Crippen molar-refractivity contribution in [1.29, 1.82) is 0 Å². The molecule has 1 saturated heterocycles. The highest BCUT2D eigenvalue weighted by Gasteiger charge is 2.40. The summed E-state index contributed by atoms with van der Waals surface area (Å²) < 4.78 is 0.989. The van der Waals surface area contributed by atoms with Crippen LogP contribution in [0, 0.1) is 5.92 Å². The molecule has 3 atom stereocenters. The monoisotopic (exact) mass is 360 g/mol. The number of carbonyl (C=O) groups excluding carboxylic acids is 1. The number of nitrogens with zero attached hydrogens (tertiary/aromatic N) is 1. The molecule has 1 aromatic carbocycles. The van der Waals surface area contributed by atoms with Crippen molar-refractivity contribution in [2.75, 3.05) is 6.54 Å². The van der Waals surface area contributed by atoms with Crippen LogP contribution in [0.1, 0.15) is 32.8 Å². The molecule has 1 aliphatic heterocycles. The minimum absolute atomic E-state index is 0. The first kappa shape index (κ1) is 17.5. The number of nitrogens with two attached hydrogens (primary N) is 1. The van der Waals surface area contributed by atoms with Gasteiger partial charge in [0.15, 0.2) is 0 Å². The Labute approximate surface area is 135 Å². The standard InChI is InChI=1S/C15H21BrN2O.ClH/c1-10-8-9-18(11(10)2)14(19)15(3,17)12-4-6-13(16)7-5-12;/h4-7,10-11H,8-9,17H2,1-3H3;1H. The largest absolute Gasteiger partial charge is 0.338 e. The normalized spacial score (nSPS) is 24.9. The van der Waals surface area contributed by atoms with E-state index in [2.05, 4.69) is 29.8 Å². The topological polar surface area (TPSA) is 46.3 Å². The Morgan fingerprint density at radius 3 is 2.35 bits per heavy atom. The third kappa shape index (κ3) is 3.18. The molecule has 20 heavy (non-hydrogen) atoms. The first-order chi connectivity index (χ1) is 8.84. The number of amides is 1. The van der Waals surface area contributed by atoms with Gasteiger partial charge in [-0.1, -0.05) is 35.0 Å². The van der Waals surface area contributed by atoms with E-state index in [9.17, 15) is 4.79 Å². The fourth-order valence-electron chi connectivity index (χ4n) is 2.60. The van der Waals surface area contributed by atoms with Gasteiger partial charge in [-0.2, -0.15) is 0 Å². The van der Waals surface area contributed by atoms with Crippen LogP contribution >= 0.6 is 28.3 Å². The first-order valence-corrected chi connectivity index (χ1v) is 7.49. The minimum atomic E-state index is -0.959. The van der Waals surface area contributed by atoms with Crippen molar-refractivity contribution in [3.8, 4) is 0 Å². The van der Waals surface area contributed by atoms with E-state index in [0.29, 0.717) is 5.92 Å². The lowest BCUT2D eigenvalue weighted by Gasteiger charge is -2.32. The summed E-state index contributed by atoms with van der Waals surface area (Å²) >= 11 is 3.40. The Balaban J connectivity index is 0.00000200. The van der Waals surface area contributed by atoms with E-state index in [0.717, 1.165) is 23.0 Å². The Morgan fingerprint density at radius 2 is 1.90 bits per heavy atom. The van der Waals surface area contributed by atoms with Crippen LogP contribution in [0.3, 0.4) is 0 Å². The lowest BCUT2D eigenvalue weighted by molar-refractivity contribution is -0.137. The van der Waals surface area contributed by atoms with E-state index < -0.39 is 5.54 Å². The minimum Gasteiger partial charge on any atom is -0.338 e. The second-order valence-electron chi connectivity index (χ2n) is 5.71. The lowest BCUT2D eigenvalue weighted by atomic mass is 9.91. The average Bonchev–Trinajstić information content (AvgIpc) is 2.69. The molecule has 5 heteroatoms. The summed E-state index contributed by atoms with van der Waals surface area (Å²) in [4.78, 5) is 14.6. The van der Waals surface area contributed by atoms with Gasteiger partial charge in [0.25, 0.3) is 0 Å². The van der Waals surface area contributed by atoms with Gasteiger partial charge in [-0.05, 0) is 43.9 Å². The predicted octanol–water partition coefficient (Wildman–Crippen LogP) is 3.30. The number of halogens is 2. The smallest absolute Gasteiger partial charge is 0.247 e. The average molecular weight is 362 g/mol. The number of rotatable bonds is 2. The van der Waals surface area contributed by atoms with Gasteiger partial charge in [-0.3, -0.25) is 4.79 Å². The Morgan fingerprint density at radius 1 is 1.35 bits per heavy atom. The van der Waals surface area contributed by atoms with Crippen LogP contribution < -0.4 is 5.73 Å². The van der Waals surface area contributed by atoms with Gasteiger partial charge < -0.3 is 10.6 Å². The molecule has 3 unspecified atom stereocenters. The summed E-state index contributed by atoms with van der Waals surface area (Å²) in [7, 11) is 0. The van der Waals surface area contributed by atoms with Crippen LogP contribution in [0.25, 0.3) is 0 Å². The van der Waals surface area contributed by atoms with Crippen LogP contribution in [-0.4, -0.2) is 23.4 Å². The van der Waals surface area contributed by atoms with Gasteiger partial charge >= 0.3 is 0 Å². The number of likely N-dealkylation sites (tertiary alicyclic amines) is 1. The van der Waals surface area contributed by atoms with Gasteiger partial charge in [0.05, 0.1) is 0 Å². The molecule has 0 aliphatic carbocycles. The molecule has 1 aliphatic rings. The third-order valence-electron chi connectivity index (χ3n) is 4.29. The molecule has 0 aromatic heterocycles. The van der Waals surface area contributed by atoms with Crippen molar-refractivity contribution < 1.29 is 4.79 Å². The maximum atomic E-state index is 12.7. The van der Waals surface area contributed by atoms with E-state index >= 15 is 0 Å². The quantitative estimate of drug-likeness (QED) is 0.878. The Bertz CT molecular complexity index is 475. The molecule has 0 spiro atoms. The zero-order valence-electron chi connectivity index (χ0n) is 12.1. The highest BCUT2D eigenvalue weighted by molar-refractivity contribution is 9.10. The first-order valence-electron chi connectivity index (χ1n) is 6.70. The van der Waals surface area contributed by atoms with Crippen LogP contribution in [0.4, 0.5) is 0 Å². The fraction of sp³-hybridized carbons (Fsp3) is 0.533. The summed E-state index contributed by atoms with van der Waals surface area (Å²) in [6.07, 6.45) is 1.06. The van der Waals surface area contributed by atoms with E-state index in [-0.39, 0.29) is 24.4 Å². The molecule has 0 bridgehead atoms. The molecule has 0 radical (unpaired) electrons. The van der Waals surface area contributed by atoms with Crippen LogP contribution in [0.5, 0.6) is 0 Å². The van der Waals surface area contributed by atoms with Crippen molar-refractivity contribution in [2.24, 2.45) is 11.7 Å². The van der Waals surface area contributed by atoms with Crippen molar-refractivity contribution in [3.63, 3.8) is 0 Å². The van der Waals surface area contributed by atoms with E-state index in [1.807, 2.05) is 29.2 Å². The van der Waals surface area contributed by atoms with Crippen LogP contribution in [0.15, 0.2) is 28.7 Å². The molecule has 3 nitrogen and oxygen atoms in total. The highest BCUT2D eigenvalue weighted by Crippen LogP contribution is 2.29. The molecule has 0 saturated carbocycles. The number of benzene rings is 1. The van der Waals surface area contributed by atoms with Gasteiger partial charge in [0, 0.05) is 17.1 Å². The summed E-state index contributed by atoms with van der Waals surface area (Å²) in [5, 5.41) is 0. The second kappa shape index (κ2) is 6.46. The second-order valence-corrected chi connectivity index (χ2v) is 6.63. The highest BCUT2D eigenvalue weighted by atomic mass is 79.9. The van der Waals surface area contributed by atoms with E-state index in [1.54, 1.807) is 6.92 Å². The van der Waals surface area contributed by atoms with Gasteiger partial charge in [-0.15, -0.1) is 12.4 Å². The van der Waals surface area contributed by atoms with Crippen molar-refractivity contribution in [3.05, 3.63) is 34.3 Å². The molecule has 2 N–H and O–H groups in total. The van der Waals surface area contributed by atoms with Crippen LogP contribution in [-0.2, 0) is 10.3 Å². The third-order valence-corrected chi connectivity index (χ3v) is 4.82. The Kier molecular flexibility index (Phi) is 5.64. The zero-order chi connectivity index (χ0) is 14.2. The van der Waals surface area contributed by atoms with Crippen molar-refractivity contribution >= 4 is 34.2 Å². The SMILES string of the molecule is CC1CCN(C(=O)C(C)(N)c2ccc(Br)cc2)C1C.Cl.